The van der Waals surface area contributed by atoms with Crippen LogP contribution in [0.25, 0.3) is 0 Å². The summed E-state index contributed by atoms with van der Waals surface area (Å²) < 4.78 is 23.0. The first-order valence-electron chi connectivity index (χ1n) is 41.8. The highest BCUT2D eigenvalue weighted by Gasteiger charge is 2.51. The Kier molecular flexibility index (Phi) is 65.2. The summed E-state index contributed by atoms with van der Waals surface area (Å²) in [6.45, 7) is 2.77. The lowest BCUT2D eigenvalue weighted by Gasteiger charge is -2.46. The quantitative estimate of drug-likeness (QED) is 0.0204. The van der Waals surface area contributed by atoms with Crippen LogP contribution >= 0.6 is 0 Å². The number of unbranched alkanes of at least 4 members (excludes halogenated alkanes) is 36. The number of aliphatic hydroxyl groups is 8. The van der Waals surface area contributed by atoms with Crippen molar-refractivity contribution in [3.8, 4) is 0 Å². The molecule has 2 rings (SSSR count). The maximum atomic E-state index is 13.4. The third kappa shape index (κ3) is 52.4. The summed E-state index contributed by atoms with van der Waals surface area (Å²) in [5, 5.41) is 87.9. The average Bonchev–Trinajstić information content (AvgIpc) is 0.790. The van der Waals surface area contributed by atoms with E-state index in [4.69, 9.17) is 18.9 Å². The van der Waals surface area contributed by atoms with Gasteiger partial charge >= 0.3 is 0 Å². The molecule has 14 nitrogen and oxygen atoms in total. The minimum atomic E-state index is -1.79. The molecule has 0 saturated carbocycles. The zero-order valence-electron chi connectivity index (χ0n) is 64.6. The summed E-state index contributed by atoms with van der Waals surface area (Å²) >= 11 is 0. The molecule has 0 aromatic carbocycles. The number of rotatable bonds is 69. The van der Waals surface area contributed by atoms with Gasteiger partial charge in [0.1, 0.15) is 48.8 Å². The Labute approximate surface area is 622 Å². The molecular formula is C88H153NO13. The molecule has 0 aromatic rings. The topological polar surface area (TPSA) is 228 Å². The van der Waals surface area contributed by atoms with E-state index in [2.05, 4.69) is 141 Å². The molecule has 0 aliphatic carbocycles. The second-order valence-electron chi connectivity index (χ2n) is 28.9. The molecule has 0 radical (unpaired) electrons. The van der Waals surface area contributed by atoms with Crippen molar-refractivity contribution < 1.29 is 64.6 Å². The maximum absolute atomic E-state index is 13.4. The van der Waals surface area contributed by atoms with E-state index in [1.165, 1.54) is 186 Å². The Balaban J connectivity index is 1.63. The van der Waals surface area contributed by atoms with E-state index in [1.807, 2.05) is 0 Å². The number of ether oxygens (including phenoxy) is 4. The predicted octanol–water partition coefficient (Wildman–Crippen LogP) is 19.6. The van der Waals surface area contributed by atoms with E-state index in [-0.39, 0.29) is 18.9 Å². The summed E-state index contributed by atoms with van der Waals surface area (Å²) in [6.07, 6.45) is 86.7. The van der Waals surface area contributed by atoms with Crippen LogP contribution in [0.5, 0.6) is 0 Å². The zero-order chi connectivity index (χ0) is 73.7. The maximum Gasteiger partial charge on any atom is 0.220 e. The molecule has 0 bridgehead atoms. The van der Waals surface area contributed by atoms with E-state index in [1.54, 1.807) is 0 Å². The number of carbonyl (C=O) groups excluding carboxylic acids is 1. The van der Waals surface area contributed by atoms with Crippen LogP contribution < -0.4 is 5.32 Å². The number of hydrogen-bond acceptors (Lipinski definition) is 13. The third-order valence-electron chi connectivity index (χ3n) is 19.7. The van der Waals surface area contributed by atoms with Crippen molar-refractivity contribution in [3.63, 3.8) is 0 Å². The van der Waals surface area contributed by atoms with Gasteiger partial charge in [-0.3, -0.25) is 4.79 Å². The van der Waals surface area contributed by atoms with E-state index >= 15 is 0 Å². The number of aliphatic hydroxyl groups excluding tert-OH is 8. The van der Waals surface area contributed by atoms with Crippen LogP contribution in [-0.4, -0.2) is 140 Å². The molecule has 102 heavy (non-hydrogen) atoms. The largest absolute Gasteiger partial charge is 0.394 e. The number of nitrogens with one attached hydrogen (secondary N) is 1. The molecule has 9 N–H and O–H groups in total. The predicted molar refractivity (Wildman–Crippen MR) is 424 cm³/mol. The second-order valence-corrected chi connectivity index (χ2v) is 28.9. The minimum absolute atomic E-state index is 0.231. The standard InChI is InChI=1S/C88H153NO13/c1-3-5-7-9-11-13-15-17-19-21-23-25-27-29-31-33-35-37-38-40-42-44-46-48-50-52-54-56-58-60-62-64-66-68-70-72-80(93)89-76(75-99-87-85(98)83(96)86(79(74-91)101-87)102-88-84(97)82(95)81(94)78(73-90)100-88)77(92)71-69-67-65-63-61-59-57-55-53-51-49-47-45-43-41-39-36-34-32-30-28-26-24-22-20-18-16-14-12-10-8-6-4-2/h5,7,11,13,17,19,23,25,29,31,35,37,40,42,46,48,52,54,58,60,76-79,81-88,90-92,94-98H,3-4,6,8-10,12,14-16,18,20-22,24,26-28,30,32-34,36,38-39,41,43-45,47,49-51,53,55-57,59,61-75H2,1-2H3,(H,89,93)/b7-5-,13-11-,19-17-,25-23-,31-29-,37-35-,42-40-,48-46-,54-52-,60-58-. The number of hydrogen-bond donors (Lipinski definition) is 9. The molecule has 2 fully saturated rings. The Bertz CT molecular complexity index is 2180. The van der Waals surface area contributed by atoms with Crippen LogP contribution in [0.4, 0.5) is 0 Å². The summed E-state index contributed by atoms with van der Waals surface area (Å²) in [7, 11) is 0. The van der Waals surface area contributed by atoms with Crippen molar-refractivity contribution in [2.24, 2.45) is 0 Å². The lowest BCUT2D eigenvalue weighted by Crippen LogP contribution is -2.65. The van der Waals surface area contributed by atoms with Gasteiger partial charge in [0.25, 0.3) is 0 Å². The molecule has 12 atom stereocenters. The average molecular weight is 1430 g/mol. The van der Waals surface area contributed by atoms with E-state index in [0.29, 0.717) is 12.8 Å². The number of amides is 1. The molecule has 14 heteroatoms. The summed E-state index contributed by atoms with van der Waals surface area (Å²) in [5.74, 6) is -0.231. The van der Waals surface area contributed by atoms with Crippen molar-refractivity contribution in [1.29, 1.82) is 0 Å². The van der Waals surface area contributed by atoms with Crippen LogP contribution in [0.1, 0.15) is 335 Å². The fraction of sp³-hybridized carbons (Fsp3) is 0.761. The van der Waals surface area contributed by atoms with Crippen molar-refractivity contribution in [1.82, 2.24) is 5.32 Å². The number of carbonyl (C=O) groups is 1. The Hall–Kier alpha value is -3.61. The first-order chi connectivity index (χ1) is 50.1. The van der Waals surface area contributed by atoms with E-state index in [9.17, 15) is 45.6 Å². The van der Waals surface area contributed by atoms with Gasteiger partial charge in [-0.25, -0.2) is 0 Å². The van der Waals surface area contributed by atoms with Gasteiger partial charge in [0, 0.05) is 6.42 Å². The highest BCUT2D eigenvalue weighted by Crippen LogP contribution is 2.30. The highest BCUT2D eigenvalue weighted by molar-refractivity contribution is 5.76. The fourth-order valence-corrected chi connectivity index (χ4v) is 13.2. The molecule has 2 heterocycles. The van der Waals surface area contributed by atoms with Gasteiger partial charge in [0.2, 0.25) is 5.91 Å². The SMILES string of the molecule is CC/C=C\C/C=C\C/C=C\C/C=C\C/C=C\C/C=C\C/C=C\C/C=C\C/C=C\C/C=C\CCCCCCC(=O)NC(COC1OC(CO)C(OC2OC(CO)C(O)C(O)C2O)C(O)C1O)C(O)CCCCCCCCCCCCCCCCCCCCCCCCCCCCCCCCCCC. The van der Waals surface area contributed by atoms with E-state index < -0.39 is 86.8 Å². The van der Waals surface area contributed by atoms with Gasteiger partial charge in [-0.05, 0) is 89.9 Å². The minimum Gasteiger partial charge on any atom is -0.394 e. The van der Waals surface area contributed by atoms with Gasteiger partial charge in [-0.1, -0.05) is 360 Å². The molecule has 2 aliphatic rings. The lowest BCUT2D eigenvalue weighted by molar-refractivity contribution is -0.359. The first-order valence-corrected chi connectivity index (χ1v) is 41.8. The Morgan fingerprint density at radius 3 is 1.04 bits per heavy atom. The monoisotopic (exact) mass is 1430 g/mol. The van der Waals surface area contributed by atoms with E-state index in [0.717, 1.165) is 116 Å². The van der Waals surface area contributed by atoms with Crippen LogP contribution in [0, 0.1) is 0 Å². The van der Waals surface area contributed by atoms with Gasteiger partial charge in [0.15, 0.2) is 12.6 Å². The molecule has 0 aromatic heterocycles. The number of allylic oxidation sites excluding steroid dienone is 20. The Morgan fingerprint density at radius 2 is 0.676 bits per heavy atom. The molecule has 2 saturated heterocycles. The first kappa shape index (κ1) is 94.5. The summed E-state index contributed by atoms with van der Waals surface area (Å²) in [5.41, 5.74) is 0. The van der Waals surface area contributed by atoms with Gasteiger partial charge in [-0.15, -0.1) is 0 Å². The Morgan fingerprint density at radius 1 is 0.363 bits per heavy atom. The molecule has 0 spiro atoms. The van der Waals surface area contributed by atoms with Crippen molar-refractivity contribution in [2.45, 2.75) is 408 Å². The van der Waals surface area contributed by atoms with Crippen molar-refractivity contribution in [3.05, 3.63) is 122 Å². The fourth-order valence-electron chi connectivity index (χ4n) is 13.2. The van der Waals surface area contributed by atoms with Gasteiger partial charge in [0.05, 0.1) is 32.0 Å². The van der Waals surface area contributed by atoms with Crippen molar-refractivity contribution >= 4 is 5.91 Å². The highest BCUT2D eigenvalue weighted by atomic mass is 16.7. The molecule has 12 unspecified atom stereocenters. The van der Waals surface area contributed by atoms with Gasteiger partial charge < -0.3 is 65.1 Å². The molecular weight excluding hydrogens is 1280 g/mol. The van der Waals surface area contributed by atoms with Crippen LogP contribution in [0.15, 0.2) is 122 Å². The summed E-state index contributed by atoms with van der Waals surface area (Å²) in [6, 6.07) is -0.855. The van der Waals surface area contributed by atoms with Crippen LogP contribution in [0.2, 0.25) is 0 Å². The van der Waals surface area contributed by atoms with Crippen molar-refractivity contribution in [2.75, 3.05) is 19.8 Å². The molecule has 1 amide bonds. The zero-order valence-corrected chi connectivity index (χ0v) is 64.6. The smallest absolute Gasteiger partial charge is 0.220 e. The molecule has 2 aliphatic heterocycles. The van der Waals surface area contributed by atoms with Gasteiger partial charge in [-0.2, -0.15) is 0 Å². The summed E-state index contributed by atoms with van der Waals surface area (Å²) in [4.78, 5) is 13.4. The third-order valence-corrected chi connectivity index (χ3v) is 19.7. The lowest BCUT2D eigenvalue weighted by atomic mass is 9.97. The normalized spacial score (nSPS) is 22.3. The molecule has 588 valence electrons. The second kappa shape index (κ2) is 70.4. The van der Waals surface area contributed by atoms with Crippen LogP contribution in [0.3, 0.4) is 0 Å². The van der Waals surface area contributed by atoms with Crippen LogP contribution in [-0.2, 0) is 23.7 Å².